The van der Waals surface area contributed by atoms with Gasteiger partial charge in [-0.2, -0.15) is 0 Å². The second kappa shape index (κ2) is 5.96. The van der Waals surface area contributed by atoms with Crippen LogP contribution in [0.5, 0.6) is 0 Å². The predicted molar refractivity (Wildman–Crippen MR) is 68.3 cm³/mol. The second-order valence-electron chi connectivity index (χ2n) is 4.30. The van der Waals surface area contributed by atoms with E-state index in [2.05, 4.69) is 14.7 Å². The number of aromatic nitrogens is 2. The average molecular weight is 288 g/mol. The molecule has 0 saturated heterocycles. The van der Waals surface area contributed by atoms with Crippen molar-refractivity contribution in [2.45, 2.75) is 19.6 Å². The molecule has 1 rings (SSSR count). The molecular formula is C11H16N2O5S. The minimum Gasteiger partial charge on any atom is -0.469 e. The molecule has 1 atom stereocenters. The normalized spacial score (nSPS) is 13.0. The van der Waals surface area contributed by atoms with E-state index in [4.69, 9.17) is 0 Å². The van der Waals surface area contributed by atoms with Gasteiger partial charge in [-0.15, -0.1) is 0 Å². The molecule has 1 N–H and O–H groups in total. The third kappa shape index (κ3) is 4.82. The van der Waals surface area contributed by atoms with Crippen LogP contribution >= 0.6 is 0 Å². The molecule has 1 aromatic rings. The summed E-state index contributed by atoms with van der Waals surface area (Å²) in [7, 11) is -2.34. The maximum Gasteiger partial charge on any atom is 0.309 e. The maximum absolute atomic E-state index is 11.9. The lowest BCUT2D eigenvalue weighted by molar-refractivity contribution is -0.144. The van der Waals surface area contributed by atoms with E-state index in [1.165, 1.54) is 14.0 Å². The highest BCUT2D eigenvalue weighted by Crippen LogP contribution is 2.08. The van der Waals surface area contributed by atoms with Crippen LogP contribution < -0.4 is 5.56 Å². The SMILES string of the molecule is COC(=O)C(C)CS(=O)(=O)Cc1cc(=O)[nH]c(C)n1. The quantitative estimate of drug-likeness (QED) is 0.752. The highest BCUT2D eigenvalue weighted by Gasteiger charge is 2.23. The molecular weight excluding hydrogens is 272 g/mol. The minimum atomic E-state index is -3.54. The van der Waals surface area contributed by atoms with Crippen molar-refractivity contribution in [1.29, 1.82) is 0 Å². The zero-order valence-electron chi connectivity index (χ0n) is 11.0. The molecule has 7 nitrogen and oxygen atoms in total. The lowest BCUT2D eigenvalue weighted by Gasteiger charge is -2.09. The average Bonchev–Trinajstić information content (AvgIpc) is 2.24. The molecule has 0 amide bonds. The number of nitrogens with zero attached hydrogens (tertiary/aromatic N) is 1. The van der Waals surface area contributed by atoms with Crippen LogP contribution in [0.1, 0.15) is 18.4 Å². The number of carbonyl (C=O) groups is 1. The molecule has 0 fully saturated rings. The van der Waals surface area contributed by atoms with Crippen LogP contribution in [0.4, 0.5) is 0 Å². The van der Waals surface area contributed by atoms with Crippen LogP contribution in [-0.2, 0) is 25.1 Å². The third-order valence-electron chi connectivity index (χ3n) is 2.39. The highest BCUT2D eigenvalue weighted by molar-refractivity contribution is 7.90. The van der Waals surface area contributed by atoms with Gasteiger partial charge in [0.05, 0.1) is 30.2 Å². The molecule has 1 aromatic heterocycles. The van der Waals surface area contributed by atoms with Gasteiger partial charge in [0.15, 0.2) is 9.84 Å². The Morgan fingerprint density at radius 1 is 1.53 bits per heavy atom. The van der Waals surface area contributed by atoms with Gasteiger partial charge in [0.2, 0.25) is 0 Å². The Balaban J connectivity index is 2.85. The van der Waals surface area contributed by atoms with E-state index in [0.717, 1.165) is 6.07 Å². The van der Waals surface area contributed by atoms with Gasteiger partial charge < -0.3 is 9.72 Å². The number of nitrogens with one attached hydrogen (secondary N) is 1. The number of aryl methyl sites for hydroxylation is 1. The van der Waals surface area contributed by atoms with Gasteiger partial charge in [0.1, 0.15) is 5.82 Å². The smallest absolute Gasteiger partial charge is 0.309 e. The first-order valence-corrected chi connectivity index (χ1v) is 7.41. The van der Waals surface area contributed by atoms with E-state index in [9.17, 15) is 18.0 Å². The Morgan fingerprint density at radius 3 is 2.68 bits per heavy atom. The molecule has 0 spiro atoms. The topological polar surface area (TPSA) is 106 Å². The zero-order chi connectivity index (χ0) is 14.6. The van der Waals surface area contributed by atoms with Gasteiger partial charge in [-0.05, 0) is 6.92 Å². The van der Waals surface area contributed by atoms with Crippen molar-refractivity contribution in [2.24, 2.45) is 5.92 Å². The number of rotatable bonds is 5. The van der Waals surface area contributed by atoms with Crippen LogP contribution in [-0.4, -0.2) is 37.2 Å². The highest BCUT2D eigenvalue weighted by atomic mass is 32.2. The number of esters is 1. The standard InChI is InChI=1S/C11H16N2O5S/c1-7(11(15)18-3)5-19(16,17)6-9-4-10(14)13-8(2)12-9/h4,7H,5-6H2,1-3H3,(H,12,13,14). The molecule has 106 valence electrons. The fraction of sp³-hybridized carbons (Fsp3) is 0.545. The van der Waals surface area contributed by atoms with E-state index < -0.39 is 27.3 Å². The molecule has 0 aliphatic heterocycles. The van der Waals surface area contributed by atoms with E-state index in [1.54, 1.807) is 6.92 Å². The minimum absolute atomic E-state index is 0.165. The fourth-order valence-corrected chi connectivity index (χ4v) is 3.26. The van der Waals surface area contributed by atoms with Gasteiger partial charge in [0.25, 0.3) is 5.56 Å². The number of H-pyrrole nitrogens is 1. The van der Waals surface area contributed by atoms with E-state index in [-0.39, 0.29) is 17.2 Å². The largest absolute Gasteiger partial charge is 0.469 e. The number of hydrogen-bond acceptors (Lipinski definition) is 6. The fourth-order valence-electron chi connectivity index (χ4n) is 1.65. The van der Waals surface area contributed by atoms with Crippen molar-refractivity contribution >= 4 is 15.8 Å². The molecule has 1 heterocycles. The summed E-state index contributed by atoms with van der Waals surface area (Å²) in [6.45, 7) is 3.04. The Morgan fingerprint density at radius 2 is 2.16 bits per heavy atom. The van der Waals surface area contributed by atoms with Gasteiger partial charge in [0, 0.05) is 6.07 Å². The van der Waals surface area contributed by atoms with Crippen LogP contribution in [0.2, 0.25) is 0 Å². The molecule has 19 heavy (non-hydrogen) atoms. The Hall–Kier alpha value is -1.70. The van der Waals surface area contributed by atoms with Crippen LogP contribution in [0, 0.1) is 12.8 Å². The zero-order valence-corrected chi connectivity index (χ0v) is 11.8. The summed E-state index contributed by atoms with van der Waals surface area (Å²) in [6.07, 6.45) is 0. The van der Waals surface area contributed by atoms with Crippen molar-refractivity contribution in [1.82, 2.24) is 9.97 Å². The Bertz CT molecular complexity index is 620. The molecule has 0 aliphatic rings. The Labute approximate surface area is 110 Å². The summed E-state index contributed by atoms with van der Waals surface area (Å²) in [5, 5.41) is 0. The molecule has 0 aromatic carbocycles. The van der Waals surface area contributed by atoms with E-state index in [0.29, 0.717) is 5.82 Å². The van der Waals surface area contributed by atoms with Gasteiger partial charge >= 0.3 is 5.97 Å². The van der Waals surface area contributed by atoms with Gasteiger partial charge in [-0.25, -0.2) is 13.4 Å². The van der Waals surface area contributed by atoms with Crippen LogP contribution in [0.25, 0.3) is 0 Å². The summed E-state index contributed by atoms with van der Waals surface area (Å²) in [5.41, 5.74) is -0.239. The summed E-state index contributed by atoms with van der Waals surface area (Å²) < 4.78 is 28.3. The monoisotopic (exact) mass is 288 g/mol. The Kier molecular flexibility index (Phi) is 4.82. The molecule has 0 aliphatic carbocycles. The first-order valence-electron chi connectivity index (χ1n) is 5.58. The summed E-state index contributed by atoms with van der Waals surface area (Å²) in [6, 6.07) is 1.13. The number of carbonyl (C=O) groups excluding carboxylic acids is 1. The predicted octanol–water partition coefficient (Wildman–Crippen LogP) is -0.198. The lowest BCUT2D eigenvalue weighted by atomic mass is 10.2. The summed E-state index contributed by atoms with van der Waals surface area (Å²) >= 11 is 0. The van der Waals surface area contributed by atoms with Gasteiger partial charge in [-0.1, -0.05) is 6.92 Å². The van der Waals surface area contributed by atoms with Crippen molar-refractivity contribution in [3.63, 3.8) is 0 Å². The molecule has 0 radical (unpaired) electrons. The molecule has 8 heteroatoms. The van der Waals surface area contributed by atoms with Crippen LogP contribution in [0.15, 0.2) is 10.9 Å². The van der Waals surface area contributed by atoms with Crippen molar-refractivity contribution in [3.05, 3.63) is 27.9 Å². The number of hydrogen-bond donors (Lipinski definition) is 1. The number of sulfone groups is 1. The molecule has 0 bridgehead atoms. The number of methoxy groups -OCH3 is 1. The first-order chi connectivity index (χ1) is 8.73. The molecule has 1 unspecified atom stereocenters. The number of ether oxygens (including phenoxy) is 1. The molecule has 0 saturated carbocycles. The van der Waals surface area contributed by atoms with Crippen molar-refractivity contribution in [2.75, 3.05) is 12.9 Å². The third-order valence-corrected chi connectivity index (χ3v) is 4.13. The summed E-state index contributed by atoms with van der Waals surface area (Å²) in [4.78, 5) is 28.8. The van der Waals surface area contributed by atoms with Crippen molar-refractivity contribution in [3.8, 4) is 0 Å². The summed E-state index contributed by atoms with van der Waals surface area (Å²) in [5.74, 6) is -1.71. The maximum atomic E-state index is 11.9. The van der Waals surface area contributed by atoms with Crippen LogP contribution in [0.3, 0.4) is 0 Å². The first kappa shape index (κ1) is 15.4. The second-order valence-corrected chi connectivity index (χ2v) is 6.41. The lowest BCUT2D eigenvalue weighted by Crippen LogP contribution is -2.24. The van der Waals surface area contributed by atoms with Gasteiger partial charge in [-0.3, -0.25) is 9.59 Å². The number of aromatic amines is 1. The van der Waals surface area contributed by atoms with E-state index >= 15 is 0 Å². The van der Waals surface area contributed by atoms with E-state index in [1.807, 2.05) is 0 Å². The van der Waals surface area contributed by atoms with Crippen molar-refractivity contribution < 1.29 is 17.9 Å².